The van der Waals surface area contributed by atoms with Crippen molar-refractivity contribution >= 4 is 5.91 Å². The largest absolute Gasteiger partial charge is 0.460 e. The number of likely N-dealkylation sites (tertiary alicyclic amines) is 1. The van der Waals surface area contributed by atoms with Gasteiger partial charge in [0.2, 0.25) is 5.91 Å². The lowest BCUT2D eigenvalue weighted by molar-refractivity contribution is -0.191. The van der Waals surface area contributed by atoms with Crippen LogP contribution in [0.5, 0.6) is 6.01 Å². The second-order valence-corrected chi connectivity index (χ2v) is 6.58. The van der Waals surface area contributed by atoms with E-state index < -0.39 is 0 Å². The number of nitrogens with zero attached hydrogens (tertiary/aromatic N) is 3. The van der Waals surface area contributed by atoms with E-state index in [-0.39, 0.29) is 17.6 Å². The quantitative estimate of drug-likeness (QED) is 0.850. The molecule has 0 radical (unpaired) electrons. The lowest BCUT2D eigenvalue weighted by Gasteiger charge is -2.52. The van der Waals surface area contributed by atoms with Crippen LogP contribution in [0.3, 0.4) is 0 Å². The first-order chi connectivity index (χ1) is 11.2. The molecule has 1 aromatic heterocycles. The van der Waals surface area contributed by atoms with Crippen molar-refractivity contribution in [1.82, 2.24) is 14.9 Å². The number of rotatable bonds is 3. The Bertz CT molecular complexity index is 611. The zero-order valence-corrected chi connectivity index (χ0v) is 13.1. The summed E-state index contributed by atoms with van der Waals surface area (Å²) >= 11 is 0. The van der Waals surface area contributed by atoms with Gasteiger partial charge in [-0.15, -0.1) is 0 Å². The van der Waals surface area contributed by atoms with E-state index in [9.17, 15) is 4.79 Å². The summed E-state index contributed by atoms with van der Waals surface area (Å²) in [6.45, 7) is 1.99. The molecular formula is C17H21N3O3. The smallest absolute Gasteiger partial charge is 0.316 e. The standard InChI is InChI=1S/C17H21N3O3/c21-15(13-4-1-2-5-13)20-11-17(12-20)10-14(6-9-22-17)23-16-18-7-3-8-19-16/h3-4,7-8,14H,1-2,5-6,9-12H2. The van der Waals surface area contributed by atoms with Crippen LogP contribution in [-0.2, 0) is 9.53 Å². The summed E-state index contributed by atoms with van der Waals surface area (Å²) in [6, 6.07) is 2.18. The fourth-order valence-corrected chi connectivity index (χ4v) is 3.66. The van der Waals surface area contributed by atoms with Gasteiger partial charge in [-0.05, 0) is 25.3 Å². The van der Waals surface area contributed by atoms with E-state index >= 15 is 0 Å². The number of allylic oxidation sites excluding steroid dienone is 1. The molecule has 0 aromatic carbocycles. The van der Waals surface area contributed by atoms with E-state index in [0.29, 0.717) is 25.7 Å². The van der Waals surface area contributed by atoms with Gasteiger partial charge in [-0.1, -0.05) is 6.08 Å². The van der Waals surface area contributed by atoms with E-state index in [1.807, 2.05) is 4.90 Å². The average molecular weight is 315 g/mol. The van der Waals surface area contributed by atoms with Gasteiger partial charge in [0.1, 0.15) is 11.7 Å². The summed E-state index contributed by atoms with van der Waals surface area (Å²) in [5, 5.41) is 0. The van der Waals surface area contributed by atoms with Crippen molar-refractivity contribution in [3.8, 4) is 6.01 Å². The Hall–Kier alpha value is -1.95. The maximum absolute atomic E-state index is 12.4. The molecule has 2 aliphatic heterocycles. The van der Waals surface area contributed by atoms with Gasteiger partial charge in [0, 0.05) is 30.8 Å². The monoisotopic (exact) mass is 315 g/mol. The lowest BCUT2D eigenvalue weighted by atomic mass is 9.84. The predicted molar refractivity (Wildman–Crippen MR) is 82.9 cm³/mol. The summed E-state index contributed by atoms with van der Waals surface area (Å²) in [4.78, 5) is 22.5. The van der Waals surface area contributed by atoms with Gasteiger partial charge in [0.15, 0.2) is 0 Å². The lowest BCUT2D eigenvalue weighted by Crippen LogP contribution is -2.67. The second kappa shape index (κ2) is 5.92. The number of hydrogen-bond acceptors (Lipinski definition) is 5. The number of ether oxygens (including phenoxy) is 2. The van der Waals surface area contributed by atoms with Gasteiger partial charge < -0.3 is 14.4 Å². The van der Waals surface area contributed by atoms with Crippen molar-refractivity contribution < 1.29 is 14.3 Å². The van der Waals surface area contributed by atoms with Crippen LogP contribution in [0.25, 0.3) is 0 Å². The Balaban J connectivity index is 1.34. The molecule has 1 unspecified atom stereocenters. The molecule has 4 rings (SSSR count). The average Bonchev–Trinajstić information content (AvgIpc) is 3.07. The minimum absolute atomic E-state index is 0.0501. The van der Waals surface area contributed by atoms with Gasteiger partial charge in [0.25, 0.3) is 0 Å². The minimum Gasteiger partial charge on any atom is -0.460 e. The molecule has 1 atom stereocenters. The molecule has 1 spiro atoms. The highest BCUT2D eigenvalue weighted by Gasteiger charge is 2.50. The van der Waals surface area contributed by atoms with Crippen molar-refractivity contribution in [2.45, 2.75) is 43.8 Å². The maximum Gasteiger partial charge on any atom is 0.316 e. The van der Waals surface area contributed by atoms with Crippen LogP contribution in [0, 0.1) is 0 Å². The highest BCUT2D eigenvalue weighted by molar-refractivity contribution is 5.94. The maximum atomic E-state index is 12.4. The first-order valence-corrected chi connectivity index (χ1v) is 8.30. The van der Waals surface area contributed by atoms with E-state index in [4.69, 9.17) is 9.47 Å². The van der Waals surface area contributed by atoms with Gasteiger partial charge in [-0.2, -0.15) is 0 Å². The highest BCUT2D eigenvalue weighted by Crippen LogP contribution is 2.36. The first kappa shape index (κ1) is 14.6. The summed E-state index contributed by atoms with van der Waals surface area (Å²) in [5.41, 5.74) is 0.730. The third kappa shape index (κ3) is 2.95. The molecule has 2 saturated heterocycles. The fourth-order valence-electron chi connectivity index (χ4n) is 3.66. The molecule has 23 heavy (non-hydrogen) atoms. The molecule has 1 aliphatic carbocycles. The molecule has 2 fully saturated rings. The summed E-state index contributed by atoms with van der Waals surface area (Å²) < 4.78 is 11.8. The van der Waals surface area contributed by atoms with Crippen molar-refractivity contribution in [2.75, 3.05) is 19.7 Å². The fraction of sp³-hybridized carbons (Fsp3) is 0.588. The Morgan fingerprint density at radius 2 is 2.17 bits per heavy atom. The summed E-state index contributed by atoms with van der Waals surface area (Å²) in [6.07, 6.45) is 10.1. The van der Waals surface area contributed by atoms with Crippen LogP contribution >= 0.6 is 0 Å². The van der Waals surface area contributed by atoms with E-state index in [0.717, 1.165) is 37.7 Å². The third-order valence-electron chi connectivity index (χ3n) is 4.82. The Morgan fingerprint density at radius 3 is 2.91 bits per heavy atom. The molecule has 0 saturated carbocycles. The van der Waals surface area contributed by atoms with Crippen molar-refractivity contribution in [2.24, 2.45) is 0 Å². The van der Waals surface area contributed by atoms with Crippen LogP contribution in [0.4, 0.5) is 0 Å². The molecule has 1 aromatic rings. The van der Waals surface area contributed by atoms with Crippen molar-refractivity contribution in [3.05, 3.63) is 30.1 Å². The molecule has 122 valence electrons. The number of hydrogen-bond donors (Lipinski definition) is 0. The zero-order chi connectivity index (χ0) is 15.7. The second-order valence-electron chi connectivity index (χ2n) is 6.58. The number of amides is 1. The molecule has 0 N–H and O–H groups in total. The van der Waals surface area contributed by atoms with Crippen LogP contribution in [-0.4, -0.2) is 52.2 Å². The third-order valence-corrected chi connectivity index (χ3v) is 4.82. The highest BCUT2D eigenvalue weighted by atomic mass is 16.5. The van der Waals surface area contributed by atoms with Gasteiger partial charge in [-0.3, -0.25) is 4.79 Å². The molecule has 6 heteroatoms. The van der Waals surface area contributed by atoms with Gasteiger partial charge in [0.05, 0.1) is 19.7 Å². The van der Waals surface area contributed by atoms with Crippen LogP contribution < -0.4 is 4.74 Å². The normalized spacial score (nSPS) is 25.8. The van der Waals surface area contributed by atoms with E-state index in [1.165, 1.54) is 0 Å². The number of aromatic nitrogens is 2. The minimum atomic E-state index is -0.244. The molecule has 6 nitrogen and oxygen atoms in total. The van der Waals surface area contributed by atoms with E-state index in [1.54, 1.807) is 18.5 Å². The van der Waals surface area contributed by atoms with Crippen LogP contribution in [0.2, 0.25) is 0 Å². The van der Waals surface area contributed by atoms with Crippen LogP contribution in [0.1, 0.15) is 32.1 Å². The zero-order valence-electron chi connectivity index (χ0n) is 13.1. The van der Waals surface area contributed by atoms with Crippen molar-refractivity contribution in [1.29, 1.82) is 0 Å². The summed E-state index contributed by atoms with van der Waals surface area (Å²) in [7, 11) is 0. The summed E-state index contributed by atoms with van der Waals surface area (Å²) in [5.74, 6) is 0.186. The Morgan fingerprint density at radius 1 is 1.35 bits per heavy atom. The van der Waals surface area contributed by atoms with Crippen molar-refractivity contribution in [3.63, 3.8) is 0 Å². The number of carbonyl (C=O) groups is 1. The molecule has 3 heterocycles. The molecular weight excluding hydrogens is 294 g/mol. The SMILES string of the molecule is O=C(C1=CCCC1)N1CC2(CC(Oc3ncccn3)CCO2)C1. The predicted octanol–water partition coefficient (Wildman–Crippen LogP) is 1.73. The topological polar surface area (TPSA) is 64.6 Å². The Kier molecular flexibility index (Phi) is 3.77. The molecule has 3 aliphatic rings. The molecule has 0 bridgehead atoms. The first-order valence-electron chi connectivity index (χ1n) is 8.30. The van der Waals surface area contributed by atoms with Gasteiger partial charge in [-0.25, -0.2) is 9.97 Å². The Labute approximate surface area is 135 Å². The number of carbonyl (C=O) groups excluding carboxylic acids is 1. The molecule has 1 amide bonds. The van der Waals surface area contributed by atoms with Gasteiger partial charge >= 0.3 is 6.01 Å². The van der Waals surface area contributed by atoms with E-state index in [2.05, 4.69) is 16.0 Å². The van der Waals surface area contributed by atoms with Crippen LogP contribution in [0.15, 0.2) is 30.1 Å².